The molecule has 2 unspecified atom stereocenters. The standard InChI is InChI=1S/C69H81N13O12S/c1-41(2)57(76-54(83)25-28-80-55(84)22-23-56(80)85)60(87)73-51(14-10-26-70)61(88)82(63(71)91)45-18-16-43(17-19-45)33-93-65(92)78(6)29-30-94-69-37-66(4)34-67(5,38-69)36-68(35-66,39-69)40-81-42(3)48(31-72-81)46-20-21-53(75-58(46)62(89)90)79-27-24-44-11-9-12-47(49(44)32-79)59(86)77-64-74-50-13-7-8-15-52(50)95-64/h7-9,11-13,15-23,31,41,51,57H,10,14,24-30,32-40,70H2,1-6H3,(H2,71,91)(H,73,87)(H,76,83)(H,89,90)(H,74,77,86)/t51-,57-,66?,67?,68?,69?/m0/s1. The van der Waals surface area contributed by atoms with E-state index in [9.17, 15) is 48.3 Å². The zero-order valence-electron chi connectivity index (χ0n) is 54.3. The summed E-state index contributed by atoms with van der Waals surface area (Å²) in [6, 6.07) is 19.6. The van der Waals surface area contributed by atoms with Crippen LogP contribution >= 0.6 is 11.3 Å². The molecule has 12 rings (SSSR count). The number of rotatable bonds is 25. The molecule has 5 heterocycles. The molecule has 3 aromatic heterocycles. The number of imide groups is 2. The van der Waals surface area contributed by atoms with E-state index in [0.29, 0.717) is 59.3 Å². The fraction of sp³-hybridized carbons (Fsp3) is 0.449. The maximum Gasteiger partial charge on any atom is 0.409 e. The van der Waals surface area contributed by atoms with E-state index in [1.165, 1.54) is 28.4 Å². The van der Waals surface area contributed by atoms with Gasteiger partial charge in [0.2, 0.25) is 11.8 Å². The van der Waals surface area contributed by atoms with Crippen molar-refractivity contribution in [3.8, 4) is 11.1 Å². The molecule has 500 valence electrons. The lowest BCUT2D eigenvalue weighted by Crippen LogP contribution is -2.64. The highest BCUT2D eigenvalue weighted by molar-refractivity contribution is 7.22. The highest BCUT2D eigenvalue weighted by Gasteiger charge is 2.66. The van der Waals surface area contributed by atoms with Crippen LogP contribution in [0.15, 0.2) is 97.2 Å². The summed E-state index contributed by atoms with van der Waals surface area (Å²) in [5.74, 6) is -4.64. The second-order valence-electron chi connectivity index (χ2n) is 27.3. The Kier molecular flexibility index (Phi) is 19.2. The number of pyridine rings is 1. The maximum atomic E-state index is 14.1. The lowest BCUT2D eigenvalue weighted by molar-refractivity contribution is -0.248. The number of para-hydroxylation sites is 1. The number of hydrogen-bond acceptors (Lipinski definition) is 17. The second kappa shape index (κ2) is 27.1. The lowest BCUT2D eigenvalue weighted by atomic mass is 9.39. The first-order chi connectivity index (χ1) is 45.3. The van der Waals surface area contributed by atoms with Gasteiger partial charge in [-0.05, 0) is 153 Å². The van der Waals surface area contributed by atoms with E-state index in [-0.39, 0.29) is 85.6 Å². The molecule has 0 radical (unpaired) electrons. The van der Waals surface area contributed by atoms with Crippen molar-refractivity contribution in [2.45, 2.75) is 136 Å². The van der Waals surface area contributed by atoms with Gasteiger partial charge in [-0.2, -0.15) is 5.10 Å². The molecule has 4 fully saturated rings. The molecule has 25 nitrogen and oxygen atoms in total. The summed E-state index contributed by atoms with van der Waals surface area (Å²) < 4.78 is 15.7. The molecule has 95 heavy (non-hydrogen) atoms. The molecule has 6 aromatic rings. The number of benzene rings is 3. The van der Waals surface area contributed by atoms with Crippen LogP contribution in [0, 0.1) is 29.1 Å². The Morgan fingerprint density at radius 1 is 0.853 bits per heavy atom. The number of amides is 9. The number of aromatic nitrogens is 4. The zero-order valence-corrected chi connectivity index (χ0v) is 55.1. The van der Waals surface area contributed by atoms with Gasteiger partial charge >= 0.3 is 18.1 Å². The van der Waals surface area contributed by atoms with Crippen molar-refractivity contribution in [3.63, 3.8) is 0 Å². The van der Waals surface area contributed by atoms with Crippen LogP contribution in [0.25, 0.3) is 21.3 Å². The number of hydrogen-bond donors (Lipinski definition) is 6. The number of carboxylic acid groups (broad SMARTS) is 1. The van der Waals surface area contributed by atoms with E-state index in [2.05, 4.69) is 34.8 Å². The Balaban J connectivity index is 0.691. The minimum atomic E-state index is -1.28. The van der Waals surface area contributed by atoms with Gasteiger partial charge in [0.05, 0.1) is 34.3 Å². The van der Waals surface area contributed by atoms with Crippen molar-refractivity contribution >= 4 is 91.7 Å². The summed E-state index contributed by atoms with van der Waals surface area (Å²) in [4.78, 5) is 133. The van der Waals surface area contributed by atoms with Gasteiger partial charge in [0, 0.05) is 80.7 Å². The van der Waals surface area contributed by atoms with Crippen molar-refractivity contribution in [2.75, 3.05) is 55.0 Å². The number of nitrogens with zero attached hydrogens (tertiary/aromatic N) is 8. The van der Waals surface area contributed by atoms with Crippen LogP contribution in [-0.4, -0.2) is 146 Å². The minimum absolute atomic E-state index is 0.0102. The second-order valence-corrected chi connectivity index (χ2v) is 28.3. The Bertz CT molecular complexity index is 3980. The van der Waals surface area contributed by atoms with Gasteiger partial charge in [-0.1, -0.05) is 75.4 Å². The number of ether oxygens (including phenoxy) is 2. The summed E-state index contributed by atoms with van der Waals surface area (Å²) in [6.45, 7) is 11.9. The number of carbonyl (C=O) groups excluding carboxylic acids is 8. The van der Waals surface area contributed by atoms with Gasteiger partial charge in [-0.15, -0.1) is 0 Å². The monoisotopic (exact) mass is 1320 g/mol. The third-order valence-corrected chi connectivity index (χ3v) is 20.1. The van der Waals surface area contributed by atoms with E-state index < -0.39 is 71.2 Å². The van der Waals surface area contributed by atoms with E-state index in [0.717, 1.165) is 87.5 Å². The van der Waals surface area contributed by atoms with Crippen LogP contribution in [0.5, 0.6) is 0 Å². The molecule has 4 saturated carbocycles. The molecule has 0 spiro atoms. The minimum Gasteiger partial charge on any atom is -0.476 e. The van der Waals surface area contributed by atoms with Crippen molar-refractivity contribution in [3.05, 3.63) is 131 Å². The Morgan fingerprint density at radius 2 is 1.58 bits per heavy atom. The van der Waals surface area contributed by atoms with Gasteiger partial charge in [-0.25, -0.2) is 29.3 Å². The first kappa shape index (κ1) is 67.0. The van der Waals surface area contributed by atoms with Crippen molar-refractivity contribution in [1.29, 1.82) is 0 Å². The number of aromatic carboxylic acids is 1. The quantitative estimate of drug-likeness (QED) is 0.0297. The van der Waals surface area contributed by atoms with Gasteiger partial charge in [-0.3, -0.25) is 43.7 Å². The van der Waals surface area contributed by atoms with E-state index >= 15 is 0 Å². The zero-order chi connectivity index (χ0) is 67.7. The highest BCUT2D eigenvalue weighted by Crippen LogP contribution is 2.72. The van der Waals surface area contributed by atoms with E-state index in [1.807, 2.05) is 65.0 Å². The van der Waals surface area contributed by atoms with E-state index in [4.69, 9.17) is 31.0 Å². The Morgan fingerprint density at radius 3 is 2.26 bits per heavy atom. The van der Waals surface area contributed by atoms with Crippen LogP contribution < -0.4 is 37.2 Å². The number of nitrogens with one attached hydrogen (secondary N) is 3. The van der Waals surface area contributed by atoms with Gasteiger partial charge in [0.25, 0.3) is 23.6 Å². The maximum absolute atomic E-state index is 14.1. The normalized spacial score (nSPS) is 21.6. The first-order valence-electron chi connectivity index (χ1n) is 32.1. The first-order valence-corrected chi connectivity index (χ1v) is 33.0. The van der Waals surface area contributed by atoms with Gasteiger partial charge in [0.15, 0.2) is 10.8 Å². The number of nitrogens with two attached hydrogens (primary N) is 2. The van der Waals surface area contributed by atoms with Crippen molar-refractivity contribution < 1.29 is 57.7 Å². The molecule has 26 heteroatoms. The summed E-state index contributed by atoms with van der Waals surface area (Å²) in [7, 11) is 1.64. The van der Waals surface area contributed by atoms with Crippen molar-refractivity contribution in [1.82, 2.24) is 40.2 Å². The molecule has 2 aliphatic heterocycles. The average molecular weight is 1320 g/mol. The molecular weight excluding hydrogens is 1230 g/mol. The van der Waals surface area contributed by atoms with Crippen LogP contribution in [0.1, 0.15) is 129 Å². The summed E-state index contributed by atoms with van der Waals surface area (Å²) in [5, 5.41) is 24.5. The Labute approximate surface area is 553 Å². The molecule has 0 saturated heterocycles. The summed E-state index contributed by atoms with van der Waals surface area (Å²) in [5.41, 5.74) is 16.7. The molecule has 3 aromatic carbocycles. The van der Waals surface area contributed by atoms with Crippen LogP contribution in [0.3, 0.4) is 0 Å². The van der Waals surface area contributed by atoms with Gasteiger partial charge in [0.1, 0.15) is 24.5 Å². The third-order valence-electron chi connectivity index (χ3n) is 19.2. The highest BCUT2D eigenvalue weighted by atomic mass is 32.1. The number of carbonyl (C=O) groups is 9. The lowest BCUT2D eigenvalue weighted by Gasteiger charge is -2.69. The summed E-state index contributed by atoms with van der Waals surface area (Å²) >= 11 is 1.41. The largest absolute Gasteiger partial charge is 0.476 e. The van der Waals surface area contributed by atoms with Crippen molar-refractivity contribution in [2.24, 2.45) is 33.6 Å². The fourth-order valence-corrected chi connectivity index (χ4v) is 16.8. The average Bonchev–Trinajstić information content (AvgIpc) is 0.722. The van der Waals surface area contributed by atoms with E-state index in [1.54, 1.807) is 45.3 Å². The molecule has 8 N–H and O–H groups in total. The SMILES string of the molecule is Cc1c(-c2ccc(N3CCc4cccc(C(=O)Nc5nc6ccccc6s5)c4C3)nc2C(=O)O)cnn1CC12CC3(C)CC(C)(C1)CC(OCCN(C)C(=O)OCc1ccc(N(C(N)=O)C(=O)[C@H](CCCN)NC(=O)[C@@H](NC(=O)CCN4C(=O)C=CC4=O)C(C)C)cc1)(C3)C2. The molecule has 6 aliphatic rings. The number of likely N-dealkylation sites (N-methyl/N-ethyl adjacent to an activating group) is 1. The summed E-state index contributed by atoms with van der Waals surface area (Å²) in [6.07, 6.45) is 9.62. The number of anilines is 3. The number of urea groups is 1. The topological polar surface area (TPSA) is 337 Å². The predicted octanol–water partition coefficient (Wildman–Crippen LogP) is 7.87. The molecular formula is C69H81N13O12S. The molecule has 4 bridgehead atoms. The molecule has 4 atom stereocenters. The molecule has 4 aliphatic carbocycles. The van der Waals surface area contributed by atoms with Crippen LogP contribution in [0.2, 0.25) is 0 Å². The van der Waals surface area contributed by atoms with Gasteiger partial charge < -0.3 is 46.5 Å². The molecule has 9 amide bonds. The van der Waals surface area contributed by atoms with Crippen LogP contribution in [0.4, 0.5) is 26.2 Å². The van der Waals surface area contributed by atoms with Crippen LogP contribution in [-0.2, 0) is 59.6 Å². The third kappa shape index (κ3) is 14.5. The number of carboxylic acids is 1. The fourth-order valence-electron chi connectivity index (χ4n) is 15.9. The number of primary amides is 1. The predicted molar refractivity (Wildman–Crippen MR) is 355 cm³/mol. The smallest absolute Gasteiger partial charge is 0.409 e. The number of fused-ring (bicyclic) bond motifs is 2. The Hall–Kier alpha value is -9.40. The number of thiazole rings is 1.